The van der Waals surface area contributed by atoms with E-state index in [0.29, 0.717) is 6.04 Å². The van der Waals surface area contributed by atoms with Crippen molar-refractivity contribution in [3.8, 4) is 0 Å². The van der Waals surface area contributed by atoms with E-state index in [9.17, 15) is 0 Å². The van der Waals surface area contributed by atoms with Crippen LogP contribution in [0.2, 0.25) is 0 Å². The van der Waals surface area contributed by atoms with Gasteiger partial charge in [-0.05, 0) is 27.7 Å². The van der Waals surface area contributed by atoms with Crippen molar-refractivity contribution in [2.24, 2.45) is 7.05 Å². The van der Waals surface area contributed by atoms with Crippen molar-refractivity contribution < 1.29 is 0 Å². The van der Waals surface area contributed by atoms with Gasteiger partial charge in [0.2, 0.25) is 0 Å². The third-order valence-corrected chi connectivity index (χ3v) is 3.27. The second kappa shape index (κ2) is 3.77. The van der Waals surface area contributed by atoms with Crippen LogP contribution in [0.4, 0.5) is 5.69 Å². The fraction of sp³-hybridized carbons (Fsp3) is 0.750. The Kier molecular flexibility index (Phi) is 2.70. The lowest BCUT2D eigenvalue weighted by atomic mass is 9.99. The molecule has 0 aliphatic carbocycles. The predicted molar refractivity (Wildman–Crippen MR) is 66.8 cm³/mol. The summed E-state index contributed by atoms with van der Waals surface area (Å²) in [4.78, 5) is 2.46. The third kappa shape index (κ3) is 2.07. The standard InChI is InChI=1S/C12H22N4/c1-9-6-13-12(3,4)8-16(9)11-7-15(5)14-10(11)2/h7,9,13H,6,8H2,1-5H3. The highest BCUT2D eigenvalue weighted by molar-refractivity contribution is 5.50. The molecule has 4 nitrogen and oxygen atoms in total. The van der Waals surface area contributed by atoms with Crippen LogP contribution in [-0.2, 0) is 7.05 Å². The van der Waals surface area contributed by atoms with Crippen molar-refractivity contribution in [2.45, 2.75) is 39.3 Å². The van der Waals surface area contributed by atoms with Crippen LogP contribution in [0.15, 0.2) is 6.20 Å². The zero-order valence-corrected chi connectivity index (χ0v) is 10.9. The zero-order valence-electron chi connectivity index (χ0n) is 10.9. The molecule has 1 aromatic rings. The van der Waals surface area contributed by atoms with Crippen LogP contribution in [0, 0.1) is 6.92 Å². The Morgan fingerprint density at radius 1 is 1.50 bits per heavy atom. The van der Waals surface area contributed by atoms with E-state index in [1.165, 1.54) is 5.69 Å². The van der Waals surface area contributed by atoms with Gasteiger partial charge in [0.25, 0.3) is 0 Å². The van der Waals surface area contributed by atoms with E-state index < -0.39 is 0 Å². The second-order valence-corrected chi connectivity index (χ2v) is 5.52. The van der Waals surface area contributed by atoms with Crippen molar-refractivity contribution in [1.82, 2.24) is 15.1 Å². The van der Waals surface area contributed by atoms with Gasteiger partial charge in [-0.1, -0.05) is 0 Å². The van der Waals surface area contributed by atoms with Gasteiger partial charge in [0.15, 0.2) is 0 Å². The first-order valence-corrected chi connectivity index (χ1v) is 5.91. The summed E-state index contributed by atoms with van der Waals surface area (Å²) < 4.78 is 1.90. The second-order valence-electron chi connectivity index (χ2n) is 5.52. The van der Waals surface area contributed by atoms with E-state index in [1.54, 1.807) is 0 Å². The molecular weight excluding hydrogens is 200 g/mol. The Morgan fingerprint density at radius 2 is 2.19 bits per heavy atom. The van der Waals surface area contributed by atoms with Crippen LogP contribution in [-0.4, -0.2) is 34.5 Å². The van der Waals surface area contributed by atoms with Crippen LogP contribution >= 0.6 is 0 Å². The summed E-state index contributed by atoms with van der Waals surface area (Å²) in [6, 6.07) is 0.524. The Balaban J connectivity index is 2.28. The molecule has 0 amide bonds. The molecule has 0 aromatic carbocycles. The molecule has 1 unspecified atom stereocenters. The minimum absolute atomic E-state index is 0.175. The van der Waals surface area contributed by atoms with E-state index in [4.69, 9.17) is 0 Å². The van der Waals surface area contributed by atoms with Gasteiger partial charge in [0.1, 0.15) is 0 Å². The Bertz CT molecular complexity index is 380. The van der Waals surface area contributed by atoms with Gasteiger partial charge in [-0.2, -0.15) is 5.10 Å². The average molecular weight is 222 g/mol. The van der Waals surface area contributed by atoms with Gasteiger partial charge in [0.05, 0.1) is 11.4 Å². The summed E-state index contributed by atoms with van der Waals surface area (Å²) in [6.07, 6.45) is 2.12. The number of nitrogens with one attached hydrogen (secondary N) is 1. The summed E-state index contributed by atoms with van der Waals surface area (Å²) in [5, 5.41) is 7.99. The van der Waals surface area contributed by atoms with Crippen LogP contribution in [0.1, 0.15) is 26.5 Å². The van der Waals surface area contributed by atoms with Crippen LogP contribution in [0.5, 0.6) is 0 Å². The minimum atomic E-state index is 0.175. The molecule has 0 radical (unpaired) electrons. The normalized spacial score (nSPS) is 24.8. The maximum Gasteiger partial charge on any atom is 0.0827 e. The van der Waals surface area contributed by atoms with Crippen molar-refractivity contribution in [3.63, 3.8) is 0 Å². The average Bonchev–Trinajstić information content (AvgIpc) is 2.50. The first-order chi connectivity index (χ1) is 7.39. The summed E-state index contributed by atoms with van der Waals surface area (Å²) in [6.45, 7) is 10.9. The Labute approximate surface area is 97.6 Å². The van der Waals surface area contributed by atoms with Crippen LogP contribution in [0.3, 0.4) is 0 Å². The number of hydrogen-bond donors (Lipinski definition) is 1. The van der Waals surface area contributed by atoms with E-state index in [1.807, 2.05) is 11.7 Å². The molecule has 1 atom stereocenters. The van der Waals surface area contributed by atoms with Gasteiger partial charge in [0, 0.05) is 37.9 Å². The maximum absolute atomic E-state index is 4.42. The van der Waals surface area contributed by atoms with E-state index in [-0.39, 0.29) is 5.54 Å². The summed E-state index contributed by atoms with van der Waals surface area (Å²) in [5.41, 5.74) is 2.56. The highest BCUT2D eigenvalue weighted by atomic mass is 15.3. The first-order valence-electron chi connectivity index (χ1n) is 5.91. The van der Waals surface area contributed by atoms with E-state index in [2.05, 4.69) is 49.2 Å². The molecule has 2 rings (SSSR count). The molecule has 1 fully saturated rings. The predicted octanol–water partition coefficient (Wildman–Crippen LogP) is 1.31. The van der Waals surface area contributed by atoms with Gasteiger partial charge in [-0.3, -0.25) is 4.68 Å². The summed E-state index contributed by atoms with van der Waals surface area (Å²) >= 11 is 0. The molecule has 90 valence electrons. The largest absolute Gasteiger partial charge is 0.363 e. The number of aromatic nitrogens is 2. The SMILES string of the molecule is Cc1nn(C)cc1N1CC(C)(C)NCC1C. The molecular formula is C12H22N4. The number of nitrogens with zero attached hydrogens (tertiary/aromatic N) is 3. The molecule has 1 aliphatic rings. The number of anilines is 1. The summed E-state index contributed by atoms with van der Waals surface area (Å²) in [7, 11) is 1.98. The lowest BCUT2D eigenvalue weighted by Crippen LogP contribution is -2.61. The molecule has 0 bridgehead atoms. The van der Waals surface area contributed by atoms with Crippen LogP contribution < -0.4 is 10.2 Å². The topological polar surface area (TPSA) is 33.1 Å². The fourth-order valence-corrected chi connectivity index (χ4v) is 2.36. The van der Waals surface area contributed by atoms with Crippen molar-refractivity contribution >= 4 is 5.69 Å². The molecule has 1 aliphatic heterocycles. The maximum atomic E-state index is 4.42. The molecule has 0 saturated carbocycles. The van der Waals surface area contributed by atoms with E-state index in [0.717, 1.165) is 18.8 Å². The highest BCUT2D eigenvalue weighted by Gasteiger charge is 2.31. The monoisotopic (exact) mass is 222 g/mol. The molecule has 1 N–H and O–H groups in total. The van der Waals surface area contributed by atoms with Gasteiger partial charge in [-0.25, -0.2) is 0 Å². The fourth-order valence-electron chi connectivity index (χ4n) is 2.36. The molecule has 1 saturated heterocycles. The first kappa shape index (κ1) is 11.5. The van der Waals surface area contributed by atoms with E-state index >= 15 is 0 Å². The smallest absolute Gasteiger partial charge is 0.0827 e. The minimum Gasteiger partial charge on any atom is -0.363 e. The Morgan fingerprint density at radius 3 is 2.75 bits per heavy atom. The van der Waals surface area contributed by atoms with Gasteiger partial charge in [-0.15, -0.1) is 0 Å². The molecule has 16 heavy (non-hydrogen) atoms. The molecule has 2 heterocycles. The number of rotatable bonds is 1. The van der Waals surface area contributed by atoms with Crippen molar-refractivity contribution in [3.05, 3.63) is 11.9 Å². The quantitative estimate of drug-likeness (QED) is 0.777. The zero-order chi connectivity index (χ0) is 11.9. The number of aryl methyl sites for hydroxylation is 2. The molecule has 4 heteroatoms. The van der Waals surface area contributed by atoms with Crippen LogP contribution in [0.25, 0.3) is 0 Å². The molecule has 0 spiro atoms. The molecule has 1 aromatic heterocycles. The Hall–Kier alpha value is -1.03. The van der Waals surface area contributed by atoms with Crippen molar-refractivity contribution in [2.75, 3.05) is 18.0 Å². The lowest BCUT2D eigenvalue weighted by molar-refractivity contribution is 0.318. The van der Waals surface area contributed by atoms with Gasteiger partial charge >= 0.3 is 0 Å². The third-order valence-electron chi connectivity index (χ3n) is 3.27. The van der Waals surface area contributed by atoms with Gasteiger partial charge < -0.3 is 10.2 Å². The summed E-state index contributed by atoms with van der Waals surface area (Å²) in [5.74, 6) is 0. The van der Waals surface area contributed by atoms with Crippen molar-refractivity contribution in [1.29, 1.82) is 0 Å². The highest BCUT2D eigenvalue weighted by Crippen LogP contribution is 2.25. The lowest BCUT2D eigenvalue weighted by Gasteiger charge is -2.44. The number of hydrogen-bond acceptors (Lipinski definition) is 3. The number of piperazine rings is 1.